The highest BCUT2D eigenvalue weighted by molar-refractivity contribution is 6.12. The van der Waals surface area contributed by atoms with Crippen LogP contribution in [0.5, 0.6) is 0 Å². The molecular formula is C55H36N2O. The SMILES string of the molecule is c1ccc(C2(c3ccccc3)c3ccccc3-c3c(N(c4ccc(-n5c6ccccc6c6ccccc65)cc4)c4cccc5c4oc4ccccc45)cccc32)cc1. The predicted molar refractivity (Wildman–Crippen MR) is 240 cm³/mol. The molecular weight excluding hydrogens is 705 g/mol. The van der Waals surface area contributed by atoms with Crippen molar-refractivity contribution in [2.45, 2.75) is 5.41 Å². The Bertz CT molecular complexity index is 3250. The van der Waals surface area contributed by atoms with Crippen molar-refractivity contribution in [3.8, 4) is 16.8 Å². The Morgan fingerprint density at radius 3 is 1.64 bits per heavy atom. The van der Waals surface area contributed by atoms with Gasteiger partial charge in [0.05, 0.1) is 27.8 Å². The van der Waals surface area contributed by atoms with E-state index in [1.54, 1.807) is 0 Å². The van der Waals surface area contributed by atoms with Gasteiger partial charge >= 0.3 is 0 Å². The van der Waals surface area contributed by atoms with Gasteiger partial charge in [-0.25, -0.2) is 0 Å². The van der Waals surface area contributed by atoms with Crippen molar-refractivity contribution >= 4 is 60.8 Å². The second kappa shape index (κ2) is 12.7. The Balaban J connectivity index is 1.14. The Kier molecular flexibility index (Phi) is 7.14. The van der Waals surface area contributed by atoms with E-state index in [4.69, 9.17) is 4.42 Å². The molecule has 2 aromatic heterocycles. The lowest BCUT2D eigenvalue weighted by Crippen LogP contribution is -2.28. The van der Waals surface area contributed by atoms with Crippen LogP contribution in [0, 0.1) is 0 Å². The molecule has 11 aromatic rings. The highest BCUT2D eigenvalue weighted by Gasteiger charge is 2.47. The first kappa shape index (κ1) is 32.6. The van der Waals surface area contributed by atoms with Crippen LogP contribution in [-0.2, 0) is 5.41 Å². The topological polar surface area (TPSA) is 21.3 Å². The molecule has 0 fully saturated rings. The van der Waals surface area contributed by atoms with Gasteiger partial charge in [-0.2, -0.15) is 0 Å². The zero-order valence-corrected chi connectivity index (χ0v) is 31.6. The summed E-state index contributed by atoms with van der Waals surface area (Å²) < 4.78 is 9.19. The molecule has 0 radical (unpaired) electrons. The smallest absolute Gasteiger partial charge is 0.159 e. The lowest BCUT2D eigenvalue weighted by molar-refractivity contribution is 0.669. The third-order valence-electron chi connectivity index (χ3n) is 12.3. The van der Waals surface area contributed by atoms with Crippen LogP contribution in [0.3, 0.4) is 0 Å². The second-order valence-corrected chi connectivity index (χ2v) is 15.2. The van der Waals surface area contributed by atoms with E-state index in [9.17, 15) is 0 Å². The number of para-hydroxylation sites is 4. The standard InChI is InChI=1S/C55H36N2O/c1-3-17-37(18-4-1)55(38-19-5-2-6-20-38)46-26-11-7-24-45(46)53-47(55)27-16-30-50(53)57(51-31-15-25-44-43-23-10-14-32-52(43)58-54(44)51)40-35-33-39(34-36-40)56-48-28-12-8-21-41(48)42-22-9-13-29-49(42)56/h1-36H. The lowest BCUT2D eigenvalue weighted by atomic mass is 9.68. The summed E-state index contributed by atoms with van der Waals surface area (Å²) >= 11 is 0. The number of aromatic nitrogens is 1. The first-order chi connectivity index (χ1) is 28.8. The maximum atomic E-state index is 6.81. The van der Waals surface area contributed by atoms with Gasteiger partial charge in [0.2, 0.25) is 0 Å². The normalized spacial score (nSPS) is 13.0. The number of furan rings is 1. The molecule has 12 rings (SSSR count). The fraction of sp³-hybridized carbons (Fsp3) is 0.0182. The van der Waals surface area contributed by atoms with Crippen molar-refractivity contribution in [2.24, 2.45) is 0 Å². The minimum atomic E-state index is -0.526. The van der Waals surface area contributed by atoms with Crippen molar-refractivity contribution in [3.63, 3.8) is 0 Å². The van der Waals surface area contributed by atoms with Crippen LogP contribution in [0.2, 0.25) is 0 Å². The molecule has 0 saturated carbocycles. The predicted octanol–water partition coefficient (Wildman–Crippen LogP) is 14.5. The van der Waals surface area contributed by atoms with Crippen molar-refractivity contribution in [1.29, 1.82) is 0 Å². The average Bonchev–Trinajstić information content (AvgIpc) is 3.95. The summed E-state index contributed by atoms with van der Waals surface area (Å²) in [5.41, 5.74) is 15.3. The van der Waals surface area contributed by atoms with Crippen LogP contribution in [-0.4, -0.2) is 4.57 Å². The van der Waals surface area contributed by atoms with Gasteiger partial charge in [0.15, 0.2) is 5.58 Å². The molecule has 3 nitrogen and oxygen atoms in total. The third-order valence-corrected chi connectivity index (χ3v) is 12.3. The van der Waals surface area contributed by atoms with E-state index in [0.29, 0.717) is 0 Å². The zero-order valence-electron chi connectivity index (χ0n) is 31.6. The molecule has 0 saturated heterocycles. The molecule has 58 heavy (non-hydrogen) atoms. The molecule has 0 spiro atoms. The second-order valence-electron chi connectivity index (χ2n) is 15.2. The van der Waals surface area contributed by atoms with E-state index in [1.807, 2.05) is 6.07 Å². The molecule has 1 aliphatic rings. The first-order valence-corrected chi connectivity index (χ1v) is 19.9. The van der Waals surface area contributed by atoms with Crippen LogP contribution in [0.1, 0.15) is 22.3 Å². The van der Waals surface area contributed by atoms with E-state index >= 15 is 0 Å². The van der Waals surface area contributed by atoms with E-state index in [0.717, 1.165) is 44.7 Å². The monoisotopic (exact) mass is 740 g/mol. The number of anilines is 3. The minimum Gasteiger partial charge on any atom is -0.454 e. The maximum Gasteiger partial charge on any atom is 0.159 e. The number of rotatable bonds is 6. The van der Waals surface area contributed by atoms with E-state index in [2.05, 4.69) is 222 Å². The third kappa shape index (κ3) is 4.56. The maximum absolute atomic E-state index is 6.81. The first-order valence-electron chi connectivity index (χ1n) is 19.9. The number of fused-ring (bicyclic) bond motifs is 9. The molecule has 272 valence electrons. The molecule has 9 aromatic carbocycles. The Hall–Kier alpha value is -7.62. The highest BCUT2D eigenvalue weighted by atomic mass is 16.3. The van der Waals surface area contributed by atoms with Gasteiger partial charge in [-0.15, -0.1) is 0 Å². The molecule has 0 atom stereocenters. The molecule has 0 amide bonds. The lowest BCUT2D eigenvalue weighted by Gasteiger charge is -2.34. The number of nitrogens with zero attached hydrogens (tertiary/aromatic N) is 2. The highest BCUT2D eigenvalue weighted by Crippen LogP contribution is 2.59. The number of benzene rings is 9. The van der Waals surface area contributed by atoms with Gasteiger partial charge in [-0.05, 0) is 82.4 Å². The van der Waals surface area contributed by atoms with Crippen molar-refractivity contribution in [2.75, 3.05) is 4.90 Å². The fourth-order valence-corrected chi connectivity index (χ4v) is 9.93. The van der Waals surface area contributed by atoms with Gasteiger partial charge in [-0.1, -0.05) is 164 Å². The van der Waals surface area contributed by atoms with Crippen molar-refractivity contribution in [1.82, 2.24) is 4.57 Å². The van der Waals surface area contributed by atoms with Crippen molar-refractivity contribution in [3.05, 3.63) is 241 Å². The molecule has 2 heterocycles. The zero-order chi connectivity index (χ0) is 38.2. The quantitative estimate of drug-likeness (QED) is 0.169. The molecule has 0 N–H and O–H groups in total. The summed E-state index contributed by atoms with van der Waals surface area (Å²) in [7, 11) is 0. The van der Waals surface area contributed by atoms with Gasteiger partial charge in [0.1, 0.15) is 5.58 Å². The Morgan fingerprint density at radius 2 is 0.931 bits per heavy atom. The Labute approximate surface area is 336 Å². The van der Waals surface area contributed by atoms with E-state index < -0.39 is 5.41 Å². The average molecular weight is 741 g/mol. The summed E-state index contributed by atoms with van der Waals surface area (Å²) in [4.78, 5) is 2.42. The van der Waals surface area contributed by atoms with Crippen molar-refractivity contribution < 1.29 is 4.42 Å². The number of hydrogen-bond donors (Lipinski definition) is 0. The molecule has 0 bridgehead atoms. The van der Waals surface area contributed by atoms with Crippen LogP contribution < -0.4 is 4.90 Å². The fourth-order valence-electron chi connectivity index (χ4n) is 9.93. The van der Waals surface area contributed by atoms with E-state index in [-0.39, 0.29) is 0 Å². The van der Waals surface area contributed by atoms with Gasteiger partial charge in [-0.3, -0.25) is 0 Å². The minimum absolute atomic E-state index is 0.526. The Morgan fingerprint density at radius 1 is 0.397 bits per heavy atom. The van der Waals surface area contributed by atoms with Gasteiger partial charge in [0, 0.05) is 38.5 Å². The molecule has 0 aliphatic heterocycles. The summed E-state index contributed by atoms with van der Waals surface area (Å²) in [5.74, 6) is 0. The molecule has 1 aliphatic carbocycles. The van der Waals surface area contributed by atoms with Gasteiger partial charge < -0.3 is 13.9 Å². The van der Waals surface area contributed by atoms with Crippen LogP contribution in [0.25, 0.3) is 60.6 Å². The van der Waals surface area contributed by atoms with Crippen LogP contribution in [0.4, 0.5) is 17.1 Å². The number of hydrogen-bond acceptors (Lipinski definition) is 2. The molecule has 0 unspecified atom stereocenters. The van der Waals surface area contributed by atoms with E-state index in [1.165, 1.54) is 55.2 Å². The van der Waals surface area contributed by atoms with Gasteiger partial charge in [0.25, 0.3) is 0 Å². The molecule has 3 heteroatoms. The summed E-state index contributed by atoms with van der Waals surface area (Å²) in [6.07, 6.45) is 0. The summed E-state index contributed by atoms with van der Waals surface area (Å²) in [6.45, 7) is 0. The summed E-state index contributed by atoms with van der Waals surface area (Å²) in [6, 6.07) is 79.2. The van der Waals surface area contributed by atoms with Crippen LogP contribution >= 0.6 is 0 Å². The largest absolute Gasteiger partial charge is 0.454 e. The van der Waals surface area contributed by atoms with Crippen LogP contribution in [0.15, 0.2) is 223 Å². The summed E-state index contributed by atoms with van der Waals surface area (Å²) in [5, 5.41) is 4.70.